The number of benzene rings is 11. The van der Waals surface area contributed by atoms with Gasteiger partial charge in [0.05, 0.1) is 11.1 Å². The first-order valence-electron chi connectivity index (χ1n) is 24.5. The van der Waals surface area contributed by atoms with Crippen molar-refractivity contribution in [1.82, 2.24) is 0 Å². The third kappa shape index (κ3) is 7.60. The van der Waals surface area contributed by atoms with E-state index in [1.165, 1.54) is 66.8 Å². The zero-order valence-corrected chi connectivity index (χ0v) is 39.7. The number of hydrogen-bond donors (Lipinski definition) is 0. The maximum atomic E-state index is 4.98. The Bertz CT molecular complexity index is 3660. The minimum atomic E-state index is -0.470. The highest BCUT2D eigenvalue weighted by Gasteiger charge is 2.46. The molecular weight excluding hydrogens is 855 g/mol. The standard InChI is InChI=1S/C70H51N/c1-49-23-15-16-32-59(49)63-45-41-54(48-65(63)50(2)53-42-46-68-66(47-53)64-36-19-21-37-67(64)70(68,55-26-9-4-10-27-55)56-28-11-5-12-29-56)62-35-20-22-38-69(62)71(57-30-13-6-14-31-57)58-43-39-52(40-44-58)61-34-18-17-33-60(61)51-24-7-3-8-25-51/h3-48H,2H2,1H3. The predicted molar refractivity (Wildman–Crippen MR) is 299 cm³/mol. The summed E-state index contributed by atoms with van der Waals surface area (Å²) in [6.45, 7) is 7.18. The maximum absolute atomic E-state index is 4.98. The summed E-state index contributed by atoms with van der Waals surface area (Å²) in [7, 11) is 0. The Labute approximate surface area is 418 Å². The number of nitrogens with zero attached hydrogens (tertiary/aromatic N) is 1. The quantitative estimate of drug-likeness (QED) is 0.125. The molecule has 11 aromatic rings. The average molecular weight is 906 g/mol. The van der Waals surface area contributed by atoms with Crippen molar-refractivity contribution in [3.8, 4) is 55.6 Å². The van der Waals surface area contributed by atoms with E-state index in [0.717, 1.165) is 50.5 Å². The first-order valence-corrected chi connectivity index (χ1v) is 24.5. The van der Waals surface area contributed by atoms with E-state index in [1.54, 1.807) is 0 Å². The second-order valence-electron chi connectivity index (χ2n) is 18.5. The van der Waals surface area contributed by atoms with Crippen LogP contribution in [0.3, 0.4) is 0 Å². The van der Waals surface area contributed by atoms with Crippen LogP contribution in [0.25, 0.3) is 61.2 Å². The first-order chi connectivity index (χ1) is 35.1. The molecule has 1 aliphatic rings. The van der Waals surface area contributed by atoms with Crippen LogP contribution >= 0.6 is 0 Å². The summed E-state index contributed by atoms with van der Waals surface area (Å²) in [6.07, 6.45) is 0. The van der Waals surface area contributed by atoms with E-state index >= 15 is 0 Å². The topological polar surface area (TPSA) is 3.24 Å². The Morgan fingerprint density at radius 3 is 1.46 bits per heavy atom. The van der Waals surface area contributed by atoms with Crippen LogP contribution < -0.4 is 4.90 Å². The summed E-state index contributed by atoms with van der Waals surface area (Å²) in [4.78, 5) is 2.38. The van der Waals surface area contributed by atoms with Gasteiger partial charge in [-0.3, -0.25) is 0 Å². The Morgan fingerprint density at radius 2 is 0.817 bits per heavy atom. The Kier molecular flexibility index (Phi) is 11.2. The molecule has 0 saturated carbocycles. The molecule has 0 radical (unpaired) electrons. The van der Waals surface area contributed by atoms with Gasteiger partial charge in [-0.05, 0) is 144 Å². The Hall–Kier alpha value is -9.04. The van der Waals surface area contributed by atoms with Crippen LogP contribution in [0.5, 0.6) is 0 Å². The summed E-state index contributed by atoms with van der Waals surface area (Å²) in [5, 5.41) is 0. The lowest BCUT2D eigenvalue weighted by Crippen LogP contribution is -2.28. The van der Waals surface area contributed by atoms with E-state index in [2.05, 4.69) is 291 Å². The summed E-state index contributed by atoms with van der Waals surface area (Å²) < 4.78 is 0. The summed E-state index contributed by atoms with van der Waals surface area (Å²) in [5.74, 6) is 0. The van der Waals surface area contributed by atoms with Crippen molar-refractivity contribution in [2.24, 2.45) is 0 Å². The van der Waals surface area contributed by atoms with Crippen LogP contribution in [0.2, 0.25) is 0 Å². The predicted octanol–water partition coefficient (Wildman–Crippen LogP) is 18.6. The molecule has 0 N–H and O–H groups in total. The van der Waals surface area contributed by atoms with E-state index in [4.69, 9.17) is 6.58 Å². The van der Waals surface area contributed by atoms with Crippen molar-refractivity contribution in [2.45, 2.75) is 12.3 Å². The molecule has 0 spiro atoms. The molecule has 0 fully saturated rings. The third-order valence-corrected chi connectivity index (χ3v) is 14.5. The fraction of sp³-hybridized carbons (Fsp3) is 0.0286. The van der Waals surface area contributed by atoms with E-state index in [0.29, 0.717) is 0 Å². The van der Waals surface area contributed by atoms with Gasteiger partial charge in [-0.15, -0.1) is 0 Å². The highest BCUT2D eigenvalue weighted by molar-refractivity contribution is 5.96. The van der Waals surface area contributed by atoms with Crippen LogP contribution in [0.4, 0.5) is 17.1 Å². The van der Waals surface area contributed by atoms with Crippen molar-refractivity contribution in [3.63, 3.8) is 0 Å². The summed E-state index contributed by atoms with van der Waals surface area (Å²) >= 11 is 0. The lowest BCUT2D eigenvalue weighted by Gasteiger charge is -2.34. The summed E-state index contributed by atoms with van der Waals surface area (Å²) in [5.41, 5.74) is 24.1. The fourth-order valence-corrected chi connectivity index (χ4v) is 11.2. The van der Waals surface area contributed by atoms with Crippen LogP contribution in [0.1, 0.15) is 38.9 Å². The molecule has 11 aromatic carbocycles. The number of fused-ring (bicyclic) bond motifs is 3. The lowest BCUT2D eigenvalue weighted by molar-refractivity contribution is 0.768. The van der Waals surface area contributed by atoms with Crippen LogP contribution in [-0.4, -0.2) is 0 Å². The van der Waals surface area contributed by atoms with Gasteiger partial charge in [0, 0.05) is 16.9 Å². The molecule has 0 amide bonds. The smallest absolute Gasteiger partial charge is 0.0713 e. The zero-order chi connectivity index (χ0) is 47.7. The second kappa shape index (κ2) is 18.5. The van der Waals surface area contributed by atoms with Crippen molar-refractivity contribution < 1.29 is 0 Å². The molecule has 0 bridgehead atoms. The number of para-hydroxylation sites is 2. The van der Waals surface area contributed by atoms with Crippen molar-refractivity contribution in [3.05, 3.63) is 325 Å². The molecule has 0 heterocycles. The molecule has 0 saturated heterocycles. The van der Waals surface area contributed by atoms with Crippen LogP contribution in [0, 0.1) is 6.92 Å². The third-order valence-electron chi connectivity index (χ3n) is 14.5. The van der Waals surface area contributed by atoms with E-state index < -0.39 is 5.41 Å². The van der Waals surface area contributed by atoms with Gasteiger partial charge in [0.1, 0.15) is 0 Å². The zero-order valence-electron chi connectivity index (χ0n) is 39.7. The van der Waals surface area contributed by atoms with Gasteiger partial charge in [-0.1, -0.05) is 243 Å². The van der Waals surface area contributed by atoms with Gasteiger partial charge in [0.15, 0.2) is 0 Å². The Morgan fingerprint density at radius 1 is 0.338 bits per heavy atom. The molecule has 1 nitrogen and oxygen atoms in total. The van der Waals surface area contributed by atoms with E-state index in [-0.39, 0.29) is 0 Å². The average Bonchev–Trinajstić information content (AvgIpc) is 3.75. The highest BCUT2D eigenvalue weighted by atomic mass is 15.1. The van der Waals surface area contributed by atoms with Gasteiger partial charge < -0.3 is 4.90 Å². The highest BCUT2D eigenvalue weighted by Crippen LogP contribution is 2.57. The van der Waals surface area contributed by atoms with Gasteiger partial charge in [-0.2, -0.15) is 0 Å². The number of anilines is 3. The van der Waals surface area contributed by atoms with Crippen molar-refractivity contribution >= 4 is 22.6 Å². The molecule has 0 aliphatic heterocycles. The van der Waals surface area contributed by atoms with Crippen molar-refractivity contribution in [2.75, 3.05) is 4.90 Å². The molecule has 336 valence electrons. The number of hydrogen-bond acceptors (Lipinski definition) is 1. The van der Waals surface area contributed by atoms with Crippen LogP contribution in [0.15, 0.2) is 286 Å². The molecule has 71 heavy (non-hydrogen) atoms. The van der Waals surface area contributed by atoms with Crippen LogP contribution in [-0.2, 0) is 5.41 Å². The molecule has 1 aliphatic carbocycles. The first kappa shape index (κ1) is 43.3. The van der Waals surface area contributed by atoms with Gasteiger partial charge in [-0.25, -0.2) is 0 Å². The van der Waals surface area contributed by atoms with E-state index in [9.17, 15) is 0 Å². The molecule has 0 aromatic heterocycles. The maximum Gasteiger partial charge on any atom is 0.0713 e. The van der Waals surface area contributed by atoms with E-state index in [1.807, 2.05) is 0 Å². The second-order valence-corrected chi connectivity index (χ2v) is 18.5. The largest absolute Gasteiger partial charge is 0.310 e. The van der Waals surface area contributed by atoms with Crippen molar-refractivity contribution in [1.29, 1.82) is 0 Å². The number of aryl methyl sites for hydroxylation is 1. The molecule has 0 atom stereocenters. The van der Waals surface area contributed by atoms with Gasteiger partial charge in [0.25, 0.3) is 0 Å². The molecule has 0 unspecified atom stereocenters. The monoisotopic (exact) mass is 905 g/mol. The lowest BCUT2D eigenvalue weighted by atomic mass is 9.67. The molecule has 1 heteroatoms. The minimum Gasteiger partial charge on any atom is -0.310 e. The van der Waals surface area contributed by atoms with Gasteiger partial charge in [0.2, 0.25) is 0 Å². The summed E-state index contributed by atoms with van der Waals surface area (Å²) in [6, 6.07) is 102. The van der Waals surface area contributed by atoms with Gasteiger partial charge >= 0.3 is 0 Å². The SMILES string of the molecule is C=C(c1ccc2c(c1)-c1ccccc1C2(c1ccccc1)c1ccccc1)c1cc(-c2ccccc2N(c2ccccc2)c2ccc(-c3ccccc3-c3ccccc3)cc2)ccc1-c1ccccc1C. The minimum absolute atomic E-state index is 0.470. The normalized spacial score (nSPS) is 12.2. The Balaban J connectivity index is 0.992. The fourth-order valence-electron chi connectivity index (χ4n) is 11.2. The molecular formula is C70H51N. The molecule has 12 rings (SSSR count). The number of rotatable bonds is 11.